The highest BCUT2D eigenvalue weighted by atomic mass is 79.9. The van der Waals surface area contributed by atoms with E-state index < -0.39 is 34.3 Å². The molecule has 10 rings (SSSR count). The zero-order valence-electron chi connectivity index (χ0n) is 35.0. The van der Waals surface area contributed by atoms with Gasteiger partial charge in [-0.15, -0.1) is 0 Å². The monoisotopic (exact) mass is 851 g/mol. The molecule has 58 heavy (non-hydrogen) atoms. The smallest absolute Gasteiger partial charge is 0.333 e. The number of anilines is 1. The van der Waals surface area contributed by atoms with Gasteiger partial charge in [0.25, 0.3) is 0 Å². The molecule has 3 aromatic rings. The maximum Gasteiger partial charge on any atom is 0.333 e. The number of Topliss-reactive ketones (excluding diaryl/α,β-unsaturated/α-hetero) is 1. The second-order valence-electron chi connectivity index (χ2n) is 18.3. The van der Waals surface area contributed by atoms with E-state index in [0.29, 0.717) is 35.9 Å². The third-order valence-corrected chi connectivity index (χ3v) is 14.0. The molecule has 8 unspecified atom stereocenters. The number of carbonyl (C=O) groups is 2. The summed E-state index contributed by atoms with van der Waals surface area (Å²) in [6, 6.07) is 7.46. The third kappa shape index (κ3) is 5.40. The Kier molecular flexibility index (Phi) is 9.17. The number of nitrogens with one attached hydrogen (secondary N) is 1. The largest absolute Gasteiger partial charge is 0.482 e. The van der Waals surface area contributed by atoms with Gasteiger partial charge in [0.15, 0.2) is 17.0 Å². The molecule has 7 aliphatic rings. The minimum atomic E-state index is -1.41. The Morgan fingerprint density at radius 3 is 2.53 bits per heavy atom. The van der Waals surface area contributed by atoms with Crippen LogP contribution in [0.3, 0.4) is 0 Å². The number of imidazole rings is 1. The number of para-hydroxylation sites is 2. The number of hydrogen-bond acceptors (Lipinski definition) is 9. The van der Waals surface area contributed by atoms with Gasteiger partial charge >= 0.3 is 5.97 Å². The first kappa shape index (κ1) is 39.1. The lowest BCUT2D eigenvalue weighted by Gasteiger charge is -2.67. The molecule has 1 saturated heterocycles. The van der Waals surface area contributed by atoms with Crippen molar-refractivity contribution in [2.45, 2.75) is 122 Å². The molecule has 306 valence electrons. The number of carbonyl (C=O) groups excluding carboxylic acids is 2. The number of alkyl halides is 1. The molecule has 11 heteroatoms. The standard InChI is InChI=1S/C47H54BrN3O7/c1-25(2)13-12-20-45(8)21-19-29-38(56-45)28(17-16-26(3)4)40-34(39(29)55-24-48)36-35-37(51-32-15-11-10-14-31(32)49-43(51)50-36)30-23-33-44(6,7)58-46(41(30)52,47(33,35)57-40)22-18-27(5)42(53)54-9/h10-11,13-16,18-19,21,30,33,35-37H,12,17,20,22-24H2,1-9H3,(H,49,50)/b27-18-. The van der Waals surface area contributed by atoms with Gasteiger partial charge in [-0.25, -0.2) is 9.78 Å². The maximum atomic E-state index is 15.7. The molecule has 10 nitrogen and oxygen atoms in total. The summed E-state index contributed by atoms with van der Waals surface area (Å²) < 4.78 is 36.5. The minimum Gasteiger partial charge on any atom is -0.482 e. The van der Waals surface area contributed by atoms with E-state index in [0.717, 1.165) is 51.9 Å². The van der Waals surface area contributed by atoms with Crippen LogP contribution < -0.4 is 19.5 Å². The van der Waals surface area contributed by atoms with E-state index in [9.17, 15) is 4.79 Å². The highest BCUT2D eigenvalue weighted by molar-refractivity contribution is 9.09. The number of benzene rings is 2. The molecule has 0 radical (unpaired) electrons. The molecule has 3 aliphatic carbocycles. The lowest BCUT2D eigenvalue weighted by Crippen LogP contribution is -2.79. The fourth-order valence-electron chi connectivity index (χ4n) is 11.5. The van der Waals surface area contributed by atoms with Gasteiger partial charge in [-0.1, -0.05) is 41.5 Å². The summed E-state index contributed by atoms with van der Waals surface area (Å²) in [5.41, 5.74) is 3.68. The molecule has 3 saturated carbocycles. The van der Waals surface area contributed by atoms with Crippen molar-refractivity contribution >= 4 is 50.7 Å². The highest BCUT2D eigenvalue weighted by Crippen LogP contribution is 2.76. The number of methoxy groups -OCH3 is 1. The van der Waals surface area contributed by atoms with Gasteiger partial charge in [-0.3, -0.25) is 4.79 Å². The number of hydrogen-bond donors (Lipinski definition) is 1. The van der Waals surface area contributed by atoms with E-state index in [2.05, 4.69) is 105 Å². The van der Waals surface area contributed by atoms with E-state index in [-0.39, 0.29) is 41.6 Å². The first-order chi connectivity index (χ1) is 27.6. The van der Waals surface area contributed by atoms with Crippen LogP contribution in [0.25, 0.3) is 17.1 Å². The van der Waals surface area contributed by atoms with Crippen molar-refractivity contribution in [3.05, 3.63) is 82.0 Å². The van der Waals surface area contributed by atoms with Crippen LogP contribution in [0.15, 0.2) is 65.3 Å². The van der Waals surface area contributed by atoms with Gasteiger partial charge in [0.05, 0.1) is 47.0 Å². The minimum absolute atomic E-state index is 0.00379. The number of ketones is 1. The third-order valence-electron chi connectivity index (χ3n) is 13.8. The van der Waals surface area contributed by atoms with E-state index in [4.69, 9.17) is 28.7 Å². The van der Waals surface area contributed by atoms with Gasteiger partial charge in [-0.2, -0.15) is 0 Å². The van der Waals surface area contributed by atoms with Crippen molar-refractivity contribution < 1.29 is 33.3 Å². The molecule has 4 fully saturated rings. The predicted molar refractivity (Wildman–Crippen MR) is 228 cm³/mol. The van der Waals surface area contributed by atoms with Crippen molar-refractivity contribution in [2.24, 2.45) is 17.8 Å². The Morgan fingerprint density at radius 2 is 1.81 bits per heavy atom. The van der Waals surface area contributed by atoms with Crippen LogP contribution in [-0.2, 0) is 25.5 Å². The number of aromatic nitrogens is 2. The summed E-state index contributed by atoms with van der Waals surface area (Å²) in [5.74, 6) is 1.46. The molecule has 0 amide bonds. The van der Waals surface area contributed by atoms with E-state index >= 15 is 4.79 Å². The van der Waals surface area contributed by atoms with Gasteiger partial charge in [0.1, 0.15) is 28.4 Å². The second-order valence-corrected chi connectivity index (χ2v) is 18.8. The van der Waals surface area contributed by atoms with Crippen LogP contribution in [0.1, 0.15) is 110 Å². The predicted octanol–water partition coefficient (Wildman–Crippen LogP) is 9.92. The Hall–Kier alpha value is -4.35. The number of ether oxygens (including phenoxy) is 5. The average molecular weight is 853 g/mol. The van der Waals surface area contributed by atoms with E-state index in [1.54, 1.807) is 6.92 Å². The molecular formula is C47H54BrN3O7. The molecule has 1 N–H and O–H groups in total. The summed E-state index contributed by atoms with van der Waals surface area (Å²) in [6.07, 6.45) is 13.5. The van der Waals surface area contributed by atoms with E-state index in [1.165, 1.54) is 12.7 Å². The van der Waals surface area contributed by atoms with Gasteiger partial charge in [0, 0.05) is 35.3 Å². The number of allylic oxidation sites excluding steroid dienone is 4. The number of halogens is 1. The first-order valence-corrected chi connectivity index (χ1v) is 21.7. The second kappa shape index (κ2) is 13.6. The number of nitrogens with zero attached hydrogens (tertiary/aromatic N) is 2. The summed E-state index contributed by atoms with van der Waals surface area (Å²) in [7, 11) is 1.37. The van der Waals surface area contributed by atoms with Gasteiger partial charge in [-0.05, 0) is 121 Å². The fraction of sp³-hybridized carbons (Fsp3) is 0.511. The number of fused-ring (bicyclic) bond motifs is 6. The molecule has 8 atom stereocenters. The topological polar surface area (TPSA) is 110 Å². The van der Waals surface area contributed by atoms with Crippen LogP contribution in [0.4, 0.5) is 5.95 Å². The molecular weight excluding hydrogens is 798 g/mol. The summed E-state index contributed by atoms with van der Waals surface area (Å²) in [4.78, 5) is 33.7. The molecule has 4 aliphatic heterocycles. The van der Waals surface area contributed by atoms with Crippen LogP contribution in [0.2, 0.25) is 0 Å². The summed E-state index contributed by atoms with van der Waals surface area (Å²) in [6.45, 7) is 16.5. The first-order valence-electron chi connectivity index (χ1n) is 20.6. The Labute approximate surface area is 349 Å². The molecule has 1 aromatic heterocycles. The quantitative estimate of drug-likeness (QED) is 0.0923. The lowest BCUT2D eigenvalue weighted by atomic mass is 9.44. The van der Waals surface area contributed by atoms with Crippen molar-refractivity contribution in [3.63, 3.8) is 0 Å². The van der Waals surface area contributed by atoms with Gasteiger partial charge < -0.3 is 33.6 Å². The van der Waals surface area contributed by atoms with Crippen LogP contribution in [0.5, 0.6) is 17.2 Å². The SMILES string of the molecule is COC(=O)/C(C)=C\CC12OC(C)(C)C3CC(C1=O)C1C4C(Nc5nc6ccccc6n51)c1c(OCBr)c5c(c(CC=C(C)C)c1OC432)OC(C)(CCC=C(C)C)C=C5. The highest BCUT2D eigenvalue weighted by Gasteiger charge is 2.86. The lowest BCUT2D eigenvalue weighted by molar-refractivity contribution is -0.223. The molecule has 2 aromatic carbocycles. The van der Waals surface area contributed by atoms with E-state index in [1.807, 2.05) is 24.3 Å². The van der Waals surface area contributed by atoms with Crippen LogP contribution in [-0.4, -0.2) is 56.3 Å². The fourth-order valence-corrected chi connectivity index (χ4v) is 11.7. The van der Waals surface area contributed by atoms with Crippen LogP contribution in [0, 0.1) is 17.8 Å². The normalized spacial score (nSPS) is 31.5. The maximum absolute atomic E-state index is 15.7. The number of rotatable bonds is 10. The zero-order chi connectivity index (χ0) is 41.1. The van der Waals surface area contributed by atoms with Crippen LogP contribution >= 0.6 is 15.9 Å². The Morgan fingerprint density at radius 1 is 1.05 bits per heavy atom. The molecule has 5 heterocycles. The molecule has 4 bridgehead atoms. The van der Waals surface area contributed by atoms with Crippen molar-refractivity contribution in [3.8, 4) is 17.2 Å². The van der Waals surface area contributed by atoms with Crippen molar-refractivity contribution in [2.75, 3.05) is 17.9 Å². The summed E-state index contributed by atoms with van der Waals surface area (Å²) in [5, 5.41) is 3.96. The Bertz CT molecular complexity index is 2380. The van der Waals surface area contributed by atoms with Gasteiger partial charge in [0.2, 0.25) is 5.95 Å². The zero-order valence-corrected chi connectivity index (χ0v) is 36.5. The molecule has 1 spiro atoms. The number of esters is 1. The van der Waals surface area contributed by atoms with Crippen molar-refractivity contribution in [1.29, 1.82) is 0 Å². The summed E-state index contributed by atoms with van der Waals surface area (Å²) >= 11 is 3.62. The van der Waals surface area contributed by atoms with Crippen molar-refractivity contribution in [1.82, 2.24) is 9.55 Å². The Balaban J connectivity index is 1.35. The average Bonchev–Trinajstić information content (AvgIpc) is 3.62.